The first kappa shape index (κ1) is 30.8. The summed E-state index contributed by atoms with van der Waals surface area (Å²) in [6.07, 6.45) is 6.58. The molecule has 0 aliphatic carbocycles. The second-order valence-electron chi connectivity index (χ2n) is 11.8. The number of rotatable bonds is 9. The van der Waals surface area contributed by atoms with Crippen LogP contribution in [0.1, 0.15) is 82.2 Å². The Morgan fingerprint density at radius 2 is 1.85 bits per heavy atom. The summed E-state index contributed by atoms with van der Waals surface area (Å²) in [5.74, 6) is -0.182. The predicted octanol–water partition coefficient (Wildman–Crippen LogP) is 6.29. The van der Waals surface area contributed by atoms with E-state index in [-0.39, 0.29) is 17.7 Å². The van der Waals surface area contributed by atoms with E-state index in [1.165, 1.54) is 11.1 Å². The molecule has 1 fully saturated rings. The van der Waals surface area contributed by atoms with Gasteiger partial charge in [-0.1, -0.05) is 55.9 Å². The van der Waals surface area contributed by atoms with Crippen molar-refractivity contribution in [3.8, 4) is 0 Å². The van der Waals surface area contributed by atoms with Gasteiger partial charge in [-0.3, -0.25) is 9.59 Å². The van der Waals surface area contributed by atoms with Crippen molar-refractivity contribution in [2.45, 2.75) is 79.2 Å². The van der Waals surface area contributed by atoms with E-state index in [9.17, 15) is 9.59 Å². The number of allylic oxidation sites excluding steroid dienone is 5. The van der Waals surface area contributed by atoms with Gasteiger partial charge in [-0.15, -0.1) is 0 Å². The Morgan fingerprint density at radius 3 is 2.35 bits per heavy atom. The van der Waals surface area contributed by atoms with E-state index in [1.54, 1.807) is 12.3 Å². The number of nitrogens with zero attached hydrogens (tertiary/aromatic N) is 4. The van der Waals surface area contributed by atoms with Crippen LogP contribution in [0.2, 0.25) is 0 Å². The molecule has 0 spiro atoms. The lowest BCUT2D eigenvalue weighted by atomic mass is 9.72. The molecule has 7 nitrogen and oxygen atoms in total. The van der Waals surface area contributed by atoms with E-state index in [1.807, 2.05) is 30.0 Å². The van der Waals surface area contributed by atoms with Crippen LogP contribution in [-0.2, 0) is 16.6 Å². The number of pyridine rings is 2. The van der Waals surface area contributed by atoms with Gasteiger partial charge in [-0.2, -0.15) is 0 Å². The lowest BCUT2D eigenvalue weighted by Gasteiger charge is -2.47. The number of aromatic nitrogens is 2. The van der Waals surface area contributed by atoms with E-state index in [2.05, 4.69) is 77.1 Å². The molecule has 1 atom stereocenters. The van der Waals surface area contributed by atoms with E-state index in [0.717, 1.165) is 29.1 Å². The number of piperazine rings is 1. The number of carbonyl (C=O) groups is 2. The van der Waals surface area contributed by atoms with Crippen molar-refractivity contribution in [2.75, 3.05) is 24.5 Å². The van der Waals surface area contributed by atoms with Gasteiger partial charge in [0.15, 0.2) is 0 Å². The van der Waals surface area contributed by atoms with Gasteiger partial charge in [-0.25, -0.2) is 9.97 Å². The summed E-state index contributed by atoms with van der Waals surface area (Å²) in [5.41, 5.74) is 5.94. The maximum Gasteiger partial charge on any atom is 0.307 e. The number of hydrogen-bond donors (Lipinski definition) is 1. The van der Waals surface area contributed by atoms with Crippen molar-refractivity contribution in [3.63, 3.8) is 0 Å². The highest BCUT2D eigenvalue weighted by atomic mass is 16.4. The Hall–Kier alpha value is -3.74. The molecule has 0 saturated carbocycles. The average Bonchev–Trinajstić information content (AvgIpc) is 2.90. The van der Waals surface area contributed by atoms with Gasteiger partial charge in [0.25, 0.3) is 5.91 Å². The van der Waals surface area contributed by atoms with Crippen LogP contribution >= 0.6 is 0 Å². The number of carbonyl (C=O) groups excluding carboxylic acids is 1. The molecule has 1 unspecified atom stereocenters. The molecule has 3 heterocycles. The zero-order chi connectivity index (χ0) is 29.8. The Labute approximate surface area is 239 Å². The largest absolute Gasteiger partial charge is 0.481 e. The molecule has 0 radical (unpaired) electrons. The topological polar surface area (TPSA) is 86.6 Å². The summed E-state index contributed by atoms with van der Waals surface area (Å²) in [6, 6.07) is 7.57. The molecular weight excluding hydrogens is 500 g/mol. The zero-order valence-corrected chi connectivity index (χ0v) is 25.3. The molecule has 1 aliphatic rings. The van der Waals surface area contributed by atoms with Crippen LogP contribution in [-0.4, -0.2) is 57.0 Å². The number of hydrogen-bond acceptors (Lipinski definition) is 5. The number of aryl methyl sites for hydroxylation is 1. The fourth-order valence-electron chi connectivity index (χ4n) is 5.38. The molecule has 2 aromatic rings. The van der Waals surface area contributed by atoms with Gasteiger partial charge in [0, 0.05) is 36.9 Å². The van der Waals surface area contributed by atoms with Crippen molar-refractivity contribution >= 4 is 17.7 Å². The lowest BCUT2D eigenvalue weighted by molar-refractivity contribution is -0.136. The minimum atomic E-state index is -0.879. The van der Waals surface area contributed by atoms with Crippen LogP contribution in [0.3, 0.4) is 0 Å². The average molecular weight is 545 g/mol. The fourth-order valence-corrected chi connectivity index (χ4v) is 5.38. The smallest absolute Gasteiger partial charge is 0.307 e. The van der Waals surface area contributed by atoms with Crippen molar-refractivity contribution in [3.05, 3.63) is 88.4 Å². The molecule has 3 rings (SSSR count). The third kappa shape index (κ3) is 6.52. The molecule has 0 aromatic carbocycles. The predicted molar refractivity (Wildman–Crippen MR) is 162 cm³/mol. The Bertz CT molecular complexity index is 1340. The maximum absolute atomic E-state index is 13.7. The third-order valence-corrected chi connectivity index (χ3v) is 8.26. The first-order chi connectivity index (χ1) is 18.7. The van der Waals surface area contributed by atoms with E-state index >= 15 is 0 Å². The van der Waals surface area contributed by atoms with Crippen LogP contribution in [0, 0.1) is 6.92 Å². The normalized spacial score (nSPS) is 16.8. The zero-order valence-electron chi connectivity index (χ0n) is 25.3. The molecule has 1 amide bonds. The van der Waals surface area contributed by atoms with Crippen LogP contribution < -0.4 is 4.90 Å². The van der Waals surface area contributed by atoms with Crippen LogP contribution in [0.15, 0.2) is 65.9 Å². The SMILES string of the molecule is C=C/C(=C\C(C)=C(C)C)C(C)(CC)c1ccc(C(=O)N2CCN(c3ccc(CC(=O)O)cn3)CC2(C)C)nc1C. The summed E-state index contributed by atoms with van der Waals surface area (Å²) in [7, 11) is 0. The van der Waals surface area contributed by atoms with Gasteiger partial charge in [0.05, 0.1) is 12.0 Å². The number of aliphatic carboxylic acids is 1. The molecule has 0 bridgehead atoms. The molecular formula is C33H44N4O3. The minimum absolute atomic E-state index is 0.0516. The highest BCUT2D eigenvalue weighted by Gasteiger charge is 2.38. The molecule has 2 aromatic heterocycles. The van der Waals surface area contributed by atoms with Gasteiger partial charge < -0.3 is 14.9 Å². The van der Waals surface area contributed by atoms with E-state index in [0.29, 0.717) is 30.9 Å². The summed E-state index contributed by atoms with van der Waals surface area (Å²) < 4.78 is 0. The fraction of sp³-hybridized carbons (Fsp3) is 0.455. The monoisotopic (exact) mass is 544 g/mol. The van der Waals surface area contributed by atoms with Gasteiger partial charge in [0.2, 0.25) is 0 Å². The van der Waals surface area contributed by atoms with Crippen molar-refractivity contribution < 1.29 is 14.7 Å². The maximum atomic E-state index is 13.7. The van der Waals surface area contributed by atoms with Crippen molar-refractivity contribution in [2.24, 2.45) is 0 Å². The van der Waals surface area contributed by atoms with Gasteiger partial charge in [0.1, 0.15) is 11.5 Å². The first-order valence-corrected chi connectivity index (χ1v) is 13.9. The second kappa shape index (κ2) is 12.2. The van der Waals surface area contributed by atoms with E-state index in [4.69, 9.17) is 10.1 Å². The first-order valence-electron chi connectivity index (χ1n) is 13.9. The van der Waals surface area contributed by atoms with Crippen molar-refractivity contribution in [1.29, 1.82) is 0 Å². The highest BCUT2D eigenvalue weighted by Crippen LogP contribution is 2.38. The number of carboxylic acid groups (broad SMARTS) is 1. The Morgan fingerprint density at radius 1 is 1.15 bits per heavy atom. The molecule has 214 valence electrons. The molecule has 7 heteroatoms. The molecule has 1 aliphatic heterocycles. The van der Waals surface area contributed by atoms with Crippen molar-refractivity contribution in [1.82, 2.24) is 14.9 Å². The summed E-state index contributed by atoms with van der Waals surface area (Å²) in [6.45, 7) is 22.7. The van der Waals surface area contributed by atoms with Gasteiger partial charge >= 0.3 is 5.97 Å². The minimum Gasteiger partial charge on any atom is -0.481 e. The third-order valence-electron chi connectivity index (χ3n) is 8.26. The highest BCUT2D eigenvalue weighted by molar-refractivity contribution is 5.93. The van der Waals surface area contributed by atoms with E-state index < -0.39 is 11.5 Å². The lowest BCUT2D eigenvalue weighted by Crippen LogP contribution is -2.61. The molecule has 40 heavy (non-hydrogen) atoms. The quantitative estimate of drug-likeness (QED) is 0.374. The van der Waals surface area contributed by atoms with Crippen LogP contribution in [0.5, 0.6) is 0 Å². The van der Waals surface area contributed by atoms with Gasteiger partial charge in [-0.05, 0) is 76.8 Å². The summed E-state index contributed by atoms with van der Waals surface area (Å²) >= 11 is 0. The standard InChI is InChI=1S/C33H44N4O3/c1-10-26(18-23(5)22(3)4)33(9,11-2)27-13-14-28(35-24(27)6)31(40)37-17-16-36(21-32(37,7)8)29-15-12-25(20-34-29)19-30(38)39/h10,12-15,18,20H,1,11,16-17,19,21H2,2-9H3,(H,38,39)/b26-18+. The number of carboxylic acids is 1. The second-order valence-corrected chi connectivity index (χ2v) is 11.8. The van der Waals surface area contributed by atoms with Crippen LogP contribution in [0.4, 0.5) is 5.82 Å². The summed E-state index contributed by atoms with van der Waals surface area (Å²) in [4.78, 5) is 38.1. The summed E-state index contributed by atoms with van der Waals surface area (Å²) in [5, 5.41) is 9.01. The Balaban J connectivity index is 1.84. The molecule has 1 saturated heterocycles. The molecule has 1 N–H and O–H groups in total. The number of anilines is 1. The number of amides is 1. The Kier molecular flexibility index (Phi) is 9.39. The van der Waals surface area contributed by atoms with Crippen LogP contribution in [0.25, 0.3) is 0 Å².